The Balaban J connectivity index is 1.76. The van der Waals surface area contributed by atoms with E-state index in [4.69, 9.17) is 0 Å². The molecule has 3 aromatic rings. The van der Waals surface area contributed by atoms with Gasteiger partial charge in [0.1, 0.15) is 0 Å². The summed E-state index contributed by atoms with van der Waals surface area (Å²) in [5.41, 5.74) is 5.35. The third kappa shape index (κ3) is 4.67. The Morgan fingerprint density at radius 2 is 1.72 bits per heavy atom. The molecule has 0 aliphatic heterocycles. The minimum atomic E-state index is -0.122. The van der Waals surface area contributed by atoms with Crippen molar-refractivity contribution >= 4 is 17.3 Å². The Morgan fingerprint density at radius 1 is 1.07 bits per heavy atom. The highest BCUT2D eigenvalue weighted by Crippen LogP contribution is 2.22. The van der Waals surface area contributed by atoms with E-state index < -0.39 is 0 Å². The van der Waals surface area contributed by atoms with Gasteiger partial charge in [-0.05, 0) is 64.4 Å². The fraction of sp³-hybridized carbons (Fsp3) is 0.333. The zero-order valence-corrected chi connectivity index (χ0v) is 17.9. The number of anilines is 2. The van der Waals surface area contributed by atoms with Crippen molar-refractivity contribution in [3.8, 4) is 0 Å². The lowest BCUT2D eigenvalue weighted by Gasteiger charge is -2.27. The maximum Gasteiger partial charge on any atom is 0.259 e. The number of rotatable bonds is 7. The summed E-state index contributed by atoms with van der Waals surface area (Å²) in [5, 5.41) is 7.60. The molecule has 0 saturated heterocycles. The van der Waals surface area contributed by atoms with Gasteiger partial charge < -0.3 is 10.2 Å². The summed E-state index contributed by atoms with van der Waals surface area (Å²) < 4.78 is 1.89. The van der Waals surface area contributed by atoms with E-state index in [0.29, 0.717) is 18.2 Å². The molecule has 1 N–H and O–H groups in total. The van der Waals surface area contributed by atoms with E-state index in [1.807, 2.05) is 48.9 Å². The first-order valence-electron chi connectivity index (χ1n) is 10.2. The van der Waals surface area contributed by atoms with Gasteiger partial charge in [0.15, 0.2) is 0 Å². The smallest absolute Gasteiger partial charge is 0.259 e. The van der Waals surface area contributed by atoms with Crippen LogP contribution in [-0.2, 0) is 6.54 Å². The fourth-order valence-electron chi connectivity index (χ4n) is 3.71. The van der Waals surface area contributed by atoms with E-state index in [1.165, 1.54) is 0 Å². The summed E-state index contributed by atoms with van der Waals surface area (Å²) in [6.07, 6.45) is 0. The number of hydrogen-bond acceptors (Lipinski definition) is 3. The number of benzene rings is 2. The molecule has 0 spiro atoms. The molecule has 5 nitrogen and oxygen atoms in total. The Kier molecular flexibility index (Phi) is 6.37. The molecule has 0 unspecified atom stereocenters. The number of nitrogens with one attached hydrogen (secondary N) is 1. The second-order valence-electron chi connectivity index (χ2n) is 7.57. The molecule has 1 aromatic heterocycles. The van der Waals surface area contributed by atoms with E-state index in [9.17, 15) is 4.79 Å². The summed E-state index contributed by atoms with van der Waals surface area (Å²) in [6, 6.07) is 18.6. The third-order valence-electron chi connectivity index (χ3n) is 5.20. The standard InChI is InChI=1S/C24H30N4O/c1-6-27(17(2)3)22-14-12-21(13-15-22)25-24(29)23-18(4)26-28(19(23)5)16-20-10-8-7-9-11-20/h7-15,17H,6,16H2,1-5H3,(H,25,29). The predicted molar refractivity (Wildman–Crippen MR) is 120 cm³/mol. The SMILES string of the molecule is CCN(c1ccc(NC(=O)c2c(C)nn(Cc3ccccc3)c2C)cc1)C(C)C. The van der Waals surface area contributed by atoms with Crippen molar-refractivity contribution in [2.45, 2.75) is 47.2 Å². The van der Waals surface area contributed by atoms with Gasteiger partial charge in [-0.3, -0.25) is 9.48 Å². The number of aromatic nitrogens is 2. The number of aryl methyl sites for hydroxylation is 1. The van der Waals surface area contributed by atoms with Crippen LogP contribution in [0, 0.1) is 13.8 Å². The van der Waals surface area contributed by atoms with Gasteiger partial charge in [-0.15, -0.1) is 0 Å². The van der Waals surface area contributed by atoms with E-state index in [0.717, 1.165) is 34.9 Å². The molecule has 0 saturated carbocycles. The molecule has 0 atom stereocenters. The molecule has 0 bridgehead atoms. The van der Waals surface area contributed by atoms with Crippen molar-refractivity contribution in [3.63, 3.8) is 0 Å². The second-order valence-corrected chi connectivity index (χ2v) is 7.57. The van der Waals surface area contributed by atoms with Crippen LogP contribution in [0.1, 0.15) is 48.1 Å². The fourth-order valence-corrected chi connectivity index (χ4v) is 3.71. The Labute approximate surface area is 173 Å². The zero-order chi connectivity index (χ0) is 21.0. The molecule has 1 amide bonds. The number of hydrogen-bond donors (Lipinski definition) is 1. The molecule has 3 rings (SSSR count). The summed E-state index contributed by atoms with van der Waals surface area (Å²) in [5.74, 6) is -0.122. The van der Waals surface area contributed by atoms with Crippen LogP contribution in [0.4, 0.5) is 11.4 Å². The van der Waals surface area contributed by atoms with Crippen LogP contribution in [0.5, 0.6) is 0 Å². The molecule has 5 heteroatoms. The van der Waals surface area contributed by atoms with Crippen LogP contribution in [-0.4, -0.2) is 28.3 Å². The second kappa shape index (κ2) is 8.95. The lowest BCUT2D eigenvalue weighted by molar-refractivity contribution is 0.102. The third-order valence-corrected chi connectivity index (χ3v) is 5.20. The molecular formula is C24H30N4O. The largest absolute Gasteiger partial charge is 0.369 e. The number of amides is 1. The highest BCUT2D eigenvalue weighted by molar-refractivity contribution is 6.05. The van der Waals surface area contributed by atoms with Crippen LogP contribution in [0.25, 0.3) is 0 Å². The summed E-state index contributed by atoms with van der Waals surface area (Å²) in [6.45, 7) is 11.9. The van der Waals surface area contributed by atoms with Crippen molar-refractivity contribution in [2.75, 3.05) is 16.8 Å². The average Bonchev–Trinajstić information content (AvgIpc) is 2.97. The number of nitrogens with zero attached hydrogens (tertiary/aromatic N) is 3. The lowest BCUT2D eigenvalue weighted by atomic mass is 10.1. The molecule has 2 aromatic carbocycles. The van der Waals surface area contributed by atoms with Crippen molar-refractivity contribution in [1.29, 1.82) is 0 Å². The number of carbonyl (C=O) groups excluding carboxylic acids is 1. The molecule has 0 fully saturated rings. The van der Waals surface area contributed by atoms with Gasteiger partial charge in [-0.2, -0.15) is 5.10 Å². The summed E-state index contributed by atoms with van der Waals surface area (Å²) in [4.78, 5) is 15.2. The normalized spacial score (nSPS) is 11.0. The minimum Gasteiger partial charge on any atom is -0.369 e. The zero-order valence-electron chi connectivity index (χ0n) is 17.9. The van der Waals surface area contributed by atoms with Crippen molar-refractivity contribution in [1.82, 2.24) is 9.78 Å². The van der Waals surface area contributed by atoms with Gasteiger partial charge in [0, 0.05) is 29.7 Å². The molecule has 29 heavy (non-hydrogen) atoms. The number of carbonyl (C=O) groups is 1. The van der Waals surface area contributed by atoms with Crippen molar-refractivity contribution in [3.05, 3.63) is 77.1 Å². The van der Waals surface area contributed by atoms with E-state index >= 15 is 0 Å². The first-order valence-corrected chi connectivity index (χ1v) is 10.2. The van der Waals surface area contributed by atoms with Crippen molar-refractivity contribution < 1.29 is 4.79 Å². The van der Waals surface area contributed by atoms with Crippen LogP contribution in [0.3, 0.4) is 0 Å². The highest BCUT2D eigenvalue weighted by atomic mass is 16.1. The molecular weight excluding hydrogens is 360 g/mol. The van der Waals surface area contributed by atoms with Crippen molar-refractivity contribution in [2.24, 2.45) is 0 Å². The van der Waals surface area contributed by atoms with E-state index in [1.54, 1.807) is 0 Å². The van der Waals surface area contributed by atoms with Gasteiger partial charge in [0.05, 0.1) is 17.8 Å². The van der Waals surface area contributed by atoms with Gasteiger partial charge in [-0.25, -0.2) is 0 Å². The summed E-state index contributed by atoms with van der Waals surface area (Å²) >= 11 is 0. The van der Waals surface area contributed by atoms with E-state index in [2.05, 4.69) is 60.4 Å². The predicted octanol–water partition coefficient (Wildman–Crippen LogP) is 5.04. The van der Waals surface area contributed by atoms with Gasteiger partial charge in [0.2, 0.25) is 0 Å². The Morgan fingerprint density at radius 3 is 2.31 bits per heavy atom. The topological polar surface area (TPSA) is 50.2 Å². The Bertz CT molecular complexity index is 959. The van der Waals surface area contributed by atoms with Crippen LogP contribution in [0.2, 0.25) is 0 Å². The van der Waals surface area contributed by atoms with Gasteiger partial charge in [-0.1, -0.05) is 30.3 Å². The molecule has 0 aliphatic carbocycles. The summed E-state index contributed by atoms with van der Waals surface area (Å²) in [7, 11) is 0. The monoisotopic (exact) mass is 390 g/mol. The van der Waals surface area contributed by atoms with Crippen LogP contribution < -0.4 is 10.2 Å². The van der Waals surface area contributed by atoms with Crippen LogP contribution >= 0.6 is 0 Å². The molecule has 1 heterocycles. The maximum atomic E-state index is 12.9. The first-order chi connectivity index (χ1) is 13.9. The quantitative estimate of drug-likeness (QED) is 0.615. The highest BCUT2D eigenvalue weighted by Gasteiger charge is 2.19. The lowest BCUT2D eigenvalue weighted by Crippen LogP contribution is -2.30. The first kappa shape index (κ1) is 20.6. The maximum absolute atomic E-state index is 12.9. The van der Waals surface area contributed by atoms with Gasteiger partial charge >= 0.3 is 0 Å². The minimum absolute atomic E-state index is 0.122. The molecule has 0 radical (unpaired) electrons. The average molecular weight is 391 g/mol. The van der Waals surface area contributed by atoms with Crippen LogP contribution in [0.15, 0.2) is 54.6 Å². The molecule has 152 valence electrons. The molecule has 0 aliphatic rings. The Hall–Kier alpha value is -3.08. The van der Waals surface area contributed by atoms with E-state index in [-0.39, 0.29) is 5.91 Å². The van der Waals surface area contributed by atoms with Gasteiger partial charge in [0.25, 0.3) is 5.91 Å².